The number of benzene rings is 3. The molecule has 1 atom stereocenters. The van der Waals surface area contributed by atoms with E-state index >= 15 is 0 Å². The van der Waals surface area contributed by atoms with Crippen molar-refractivity contribution in [1.82, 2.24) is 0 Å². The van der Waals surface area contributed by atoms with E-state index in [1.54, 1.807) is 0 Å². The van der Waals surface area contributed by atoms with Gasteiger partial charge in [-0.15, -0.1) is 0 Å². The van der Waals surface area contributed by atoms with Gasteiger partial charge in [0.25, 0.3) is 0 Å². The zero-order valence-electron chi connectivity index (χ0n) is 17.6. The topological polar surface area (TPSA) is 9.23 Å². The molecule has 146 valence electrons. The van der Waals surface area contributed by atoms with Crippen LogP contribution in [-0.4, -0.2) is 6.61 Å². The molecule has 0 fully saturated rings. The lowest BCUT2D eigenvalue weighted by molar-refractivity contribution is 0.251. The van der Waals surface area contributed by atoms with E-state index in [1.807, 2.05) is 0 Å². The highest BCUT2D eigenvalue weighted by Gasteiger charge is 2.05. The minimum absolute atomic E-state index is 0.568. The van der Waals surface area contributed by atoms with Gasteiger partial charge < -0.3 is 4.74 Å². The standard InChI is InChI=1S/C27H32O/c1-5-6-21(4)19-28-27-17-15-26(16-18-27)25-13-11-24(12-14-25)23-9-7-22(8-10-23)20(2)3/h7-18,20-21H,5-6,19H2,1-4H3/t21-/m0/s1. The summed E-state index contributed by atoms with van der Waals surface area (Å²) in [5.41, 5.74) is 6.35. The Morgan fingerprint density at radius 3 is 1.50 bits per heavy atom. The fraction of sp³-hybridized carbons (Fsp3) is 0.333. The molecule has 0 N–H and O–H groups in total. The molecule has 0 aromatic heterocycles. The first-order chi connectivity index (χ1) is 13.6. The maximum absolute atomic E-state index is 5.91. The van der Waals surface area contributed by atoms with Crippen molar-refractivity contribution in [3.05, 3.63) is 78.4 Å². The van der Waals surface area contributed by atoms with Gasteiger partial charge in [0.05, 0.1) is 6.61 Å². The van der Waals surface area contributed by atoms with E-state index in [4.69, 9.17) is 4.74 Å². The first-order valence-corrected chi connectivity index (χ1v) is 10.5. The van der Waals surface area contributed by atoms with Crippen molar-refractivity contribution in [1.29, 1.82) is 0 Å². The molecule has 3 rings (SSSR count). The average Bonchev–Trinajstić information content (AvgIpc) is 2.73. The number of rotatable bonds is 8. The quantitative estimate of drug-likeness (QED) is 0.390. The summed E-state index contributed by atoms with van der Waals surface area (Å²) in [7, 11) is 0. The monoisotopic (exact) mass is 372 g/mol. The van der Waals surface area contributed by atoms with E-state index in [0.29, 0.717) is 11.8 Å². The van der Waals surface area contributed by atoms with E-state index in [0.717, 1.165) is 12.4 Å². The van der Waals surface area contributed by atoms with Crippen LogP contribution in [0.5, 0.6) is 5.75 Å². The van der Waals surface area contributed by atoms with Crippen LogP contribution in [0, 0.1) is 5.92 Å². The van der Waals surface area contributed by atoms with Crippen LogP contribution in [-0.2, 0) is 0 Å². The molecule has 0 aliphatic carbocycles. The summed E-state index contributed by atoms with van der Waals surface area (Å²) in [6, 6.07) is 26.1. The molecule has 0 unspecified atom stereocenters. The van der Waals surface area contributed by atoms with E-state index in [1.165, 1.54) is 40.7 Å². The summed E-state index contributed by atoms with van der Waals surface area (Å²) in [6.07, 6.45) is 2.42. The van der Waals surface area contributed by atoms with Gasteiger partial charge in [-0.25, -0.2) is 0 Å². The molecule has 0 saturated heterocycles. The molecule has 0 saturated carbocycles. The van der Waals surface area contributed by atoms with Gasteiger partial charge in [0.15, 0.2) is 0 Å². The van der Waals surface area contributed by atoms with Gasteiger partial charge in [0.2, 0.25) is 0 Å². The number of hydrogen-bond donors (Lipinski definition) is 0. The maximum atomic E-state index is 5.91. The SMILES string of the molecule is CCC[C@H](C)COc1ccc(-c2ccc(-c3ccc(C(C)C)cc3)cc2)cc1. The van der Waals surface area contributed by atoms with Gasteiger partial charge in [-0.2, -0.15) is 0 Å². The summed E-state index contributed by atoms with van der Waals surface area (Å²) in [4.78, 5) is 0. The minimum atomic E-state index is 0.568. The Morgan fingerprint density at radius 2 is 1.07 bits per heavy atom. The Kier molecular flexibility index (Phi) is 6.92. The third-order valence-electron chi connectivity index (χ3n) is 5.30. The van der Waals surface area contributed by atoms with E-state index in [9.17, 15) is 0 Å². The van der Waals surface area contributed by atoms with Crippen LogP contribution in [0.4, 0.5) is 0 Å². The molecular formula is C27H32O. The minimum Gasteiger partial charge on any atom is -0.493 e. The van der Waals surface area contributed by atoms with Crippen LogP contribution < -0.4 is 4.74 Å². The van der Waals surface area contributed by atoms with Gasteiger partial charge >= 0.3 is 0 Å². The van der Waals surface area contributed by atoms with E-state index in [2.05, 4.69) is 100 Å². The molecule has 0 aliphatic heterocycles. The van der Waals surface area contributed by atoms with Crippen molar-refractivity contribution in [2.45, 2.75) is 46.5 Å². The average molecular weight is 373 g/mol. The fourth-order valence-electron chi connectivity index (χ4n) is 3.47. The van der Waals surface area contributed by atoms with Crippen molar-refractivity contribution in [2.75, 3.05) is 6.61 Å². The highest BCUT2D eigenvalue weighted by Crippen LogP contribution is 2.27. The third kappa shape index (κ3) is 5.25. The second-order valence-corrected chi connectivity index (χ2v) is 8.08. The van der Waals surface area contributed by atoms with Crippen molar-refractivity contribution in [2.24, 2.45) is 5.92 Å². The largest absolute Gasteiger partial charge is 0.493 e. The van der Waals surface area contributed by atoms with Gasteiger partial charge in [0, 0.05) is 0 Å². The van der Waals surface area contributed by atoms with Gasteiger partial charge in [-0.1, -0.05) is 94.8 Å². The lowest BCUT2D eigenvalue weighted by atomic mass is 9.97. The molecule has 28 heavy (non-hydrogen) atoms. The Labute approximate surface area is 170 Å². The summed E-state index contributed by atoms with van der Waals surface area (Å²) in [5, 5.41) is 0. The predicted octanol–water partition coefficient (Wildman–Crippen LogP) is 7.96. The second kappa shape index (κ2) is 9.59. The zero-order valence-corrected chi connectivity index (χ0v) is 17.6. The molecule has 0 aliphatic rings. The number of ether oxygens (including phenoxy) is 1. The summed E-state index contributed by atoms with van der Waals surface area (Å²) in [5.74, 6) is 2.12. The van der Waals surface area contributed by atoms with E-state index in [-0.39, 0.29) is 0 Å². The molecule has 0 spiro atoms. The summed E-state index contributed by atoms with van der Waals surface area (Å²) >= 11 is 0. The summed E-state index contributed by atoms with van der Waals surface area (Å²) in [6.45, 7) is 9.71. The summed E-state index contributed by atoms with van der Waals surface area (Å²) < 4.78 is 5.91. The van der Waals surface area contributed by atoms with Gasteiger partial charge in [-0.05, 0) is 58.2 Å². The van der Waals surface area contributed by atoms with Crippen LogP contribution >= 0.6 is 0 Å². The first-order valence-electron chi connectivity index (χ1n) is 10.5. The molecular weight excluding hydrogens is 340 g/mol. The van der Waals surface area contributed by atoms with Crippen LogP contribution in [0.2, 0.25) is 0 Å². The first kappa shape index (κ1) is 20.2. The molecule has 1 heteroatoms. The van der Waals surface area contributed by atoms with Crippen molar-refractivity contribution >= 4 is 0 Å². The highest BCUT2D eigenvalue weighted by molar-refractivity contribution is 5.70. The molecule has 3 aromatic carbocycles. The Balaban J connectivity index is 1.66. The third-order valence-corrected chi connectivity index (χ3v) is 5.30. The molecule has 0 bridgehead atoms. The van der Waals surface area contributed by atoms with Crippen LogP contribution in [0.25, 0.3) is 22.3 Å². The Morgan fingerprint density at radius 1 is 0.643 bits per heavy atom. The molecule has 0 heterocycles. The predicted molar refractivity (Wildman–Crippen MR) is 121 cm³/mol. The van der Waals surface area contributed by atoms with Crippen LogP contribution in [0.15, 0.2) is 72.8 Å². The Hall–Kier alpha value is -2.54. The molecule has 3 aromatic rings. The molecule has 0 amide bonds. The second-order valence-electron chi connectivity index (χ2n) is 8.08. The molecule has 0 radical (unpaired) electrons. The normalized spacial score (nSPS) is 12.2. The highest BCUT2D eigenvalue weighted by atomic mass is 16.5. The van der Waals surface area contributed by atoms with Crippen molar-refractivity contribution in [3.63, 3.8) is 0 Å². The fourth-order valence-corrected chi connectivity index (χ4v) is 3.47. The lowest BCUT2D eigenvalue weighted by Crippen LogP contribution is -2.07. The van der Waals surface area contributed by atoms with Crippen LogP contribution in [0.1, 0.15) is 52.0 Å². The van der Waals surface area contributed by atoms with Crippen LogP contribution in [0.3, 0.4) is 0 Å². The zero-order chi connectivity index (χ0) is 19.9. The maximum Gasteiger partial charge on any atom is 0.119 e. The van der Waals surface area contributed by atoms with Gasteiger partial charge in [-0.3, -0.25) is 0 Å². The smallest absolute Gasteiger partial charge is 0.119 e. The van der Waals surface area contributed by atoms with Crippen molar-refractivity contribution in [3.8, 4) is 28.0 Å². The lowest BCUT2D eigenvalue weighted by Gasteiger charge is -2.12. The van der Waals surface area contributed by atoms with Gasteiger partial charge in [0.1, 0.15) is 5.75 Å². The van der Waals surface area contributed by atoms with E-state index < -0.39 is 0 Å². The van der Waals surface area contributed by atoms with Crippen molar-refractivity contribution < 1.29 is 4.74 Å². The number of hydrogen-bond acceptors (Lipinski definition) is 1. The Bertz CT molecular complexity index is 842. The molecule has 1 nitrogen and oxygen atoms in total.